The van der Waals surface area contributed by atoms with Crippen LogP contribution in [-0.4, -0.2) is 67.5 Å². The van der Waals surface area contributed by atoms with E-state index in [0.29, 0.717) is 23.0 Å². The molecule has 2 heterocycles. The number of piperazine rings is 1. The first kappa shape index (κ1) is 22.9. The summed E-state index contributed by atoms with van der Waals surface area (Å²) >= 11 is 6.32. The van der Waals surface area contributed by atoms with Crippen molar-refractivity contribution in [1.29, 1.82) is 0 Å². The molecule has 0 unspecified atom stereocenters. The van der Waals surface area contributed by atoms with Crippen molar-refractivity contribution in [3.05, 3.63) is 53.7 Å². The van der Waals surface area contributed by atoms with Crippen LogP contribution in [0.15, 0.2) is 48.7 Å². The molecule has 1 amide bonds. The third-order valence-corrected chi connectivity index (χ3v) is 6.09. The summed E-state index contributed by atoms with van der Waals surface area (Å²) in [7, 11) is 5.09. The Bertz CT molecular complexity index is 1090. The highest BCUT2D eigenvalue weighted by atomic mass is 35.5. The first-order valence-electron chi connectivity index (χ1n) is 10.8. The Labute approximate surface area is 198 Å². The van der Waals surface area contributed by atoms with Gasteiger partial charge in [-0.1, -0.05) is 11.6 Å². The van der Waals surface area contributed by atoms with E-state index >= 15 is 0 Å². The minimum absolute atomic E-state index is 0.0554. The van der Waals surface area contributed by atoms with Crippen molar-refractivity contribution >= 4 is 28.9 Å². The monoisotopic (exact) mass is 469 g/mol. The lowest BCUT2D eigenvalue weighted by Gasteiger charge is -2.35. The van der Waals surface area contributed by atoms with E-state index in [4.69, 9.17) is 21.1 Å². The van der Waals surface area contributed by atoms with Crippen molar-refractivity contribution in [2.24, 2.45) is 7.05 Å². The van der Waals surface area contributed by atoms with E-state index in [1.807, 2.05) is 37.4 Å². The molecule has 2 aromatic carbocycles. The summed E-state index contributed by atoms with van der Waals surface area (Å²) in [4.78, 5) is 17.2. The van der Waals surface area contributed by atoms with Crippen LogP contribution in [0.4, 0.5) is 11.4 Å². The normalized spacial score (nSPS) is 14.2. The van der Waals surface area contributed by atoms with Gasteiger partial charge in [0.25, 0.3) is 0 Å². The number of aromatic nitrogens is 2. The zero-order valence-electron chi connectivity index (χ0n) is 19.0. The highest BCUT2D eigenvalue weighted by molar-refractivity contribution is 6.33. The molecule has 1 aromatic heterocycles. The van der Waals surface area contributed by atoms with Gasteiger partial charge < -0.3 is 19.7 Å². The number of rotatable bonds is 7. The second-order valence-electron chi connectivity index (χ2n) is 7.89. The van der Waals surface area contributed by atoms with Crippen LogP contribution in [-0.2, 0) is 11.8 Å². The zero-order chi connectivity index (χ0) is 23.4. The third kappa shape index (κ3) is 5.23. The number of methoxy groups -OCH3 is 2. The molecular weight excluding hydrogens is 442 g/mol. The Balaban J connectivity index is 1.36. The number of amides is 1. The maximum atomic E-state index is 12.7. The second-order valence-corrected chi connectivity index (χ2v) is 8.30. The minimum atomic E-state index is -0.0554. The fraction of sp³-hybridized carbons (Fsp3) is 0.333. The minimum Gasteiger partial charge on any atom is -0.497 e. The summed E-state index contributed by atoms with van der Waals surface area (Å²) in [5.41, 5.74) is 3.36. The van der Waals surface area contributed by atoms with Gasteiger partial charge in [0, 0.05) is 50.2 Å². The summed E-state index contributed by atoms with van der Waals surface area (Å²) in [5.74, 6) is 1.45. The molecule has 33 heavy (non-hydrogen) atoms. The number of carbonyl (C=O) groups excluding carboxylic acids is 1. The zero-order valence-corrected chi connectivity index (χ0v) is 19.8. The van der Waals surface area contributed by atoms with E-state index in [0.717, 1.165) is 43.2 Å². The summed E-state index contributed by atoms with van der Waals surface area (Å²) in [6.45, 7) is 3.71. The highest BCUT2D eigenvalue weighted by Gasteiger charge is 2.20. The summed E-state index contributed by atoms with van der Waals surface area (Å²) < 4.78 is 12.4. The molecule has 0 bridgehead atoms. The van der Waals surface area contributed by atoms with Gasteiger partial charge in [0.15, 0.2) is 0 Å². The van der Waals surface area contributed by atoms with E-state index < -0.39 is 0 Å². The maximum Gasteiger partial charge on any atom is 0.238 e. The molecule has 1 aliphatic heterocycles. The van der Waals surface area contributed by atoms with Crippen molar-refractivity contribution < 1.29 is 14.3 Å². The van der Waals surface area contributed by atoms with E-state index in [1.165, 1.54) is 5.69 Å². The van der Waals surface area contributed by atoms with Crippen LogP contribution in [0.2, 0.25) is 5.02 Å². The molecule has 9 heteroatoms. The average Bonchev–Trinajstić information content (AvgIpc) is 3.17. The fourth-order valence-electron chi connectivity index (χ4n) is 4.05. The van der Waals surface area contributed by atoms with Crippen LogP contribution >= 0.6 is 11.6 Å². The molecule has 0 saturated carbocycles. The lowest BCUT2D eigenvalue weighted by Crippen LogP contribution is -2.48. The molecule has 174 valence electrons. The molecule has 3 aromatic rings. The van der Waals surface area contributed by atoms with Crippen molar-refractivity contribution in [1.82, 2.24) is 14.7 Å². The van der Waals surface area contributed by atoms with E-state index in [-0.39, 0.29) is 5.91 Å². The number of aryl methyl sites for hydroxylation is 1. The predicted molar refractivity (Wildman–Crippen MR) is 130 cm³/mol. The van der Waals surface area contributed by atoms with Gasteiger partial charge in [-0.3, -0.25) is 14.4 Å². The van der Waals surface area contributed by atoms with Crippen molar-refractivity contribution in [3.8, 4) is 22.8 Å². The summed E-state index contributed by atoms with van der Waals surface area (Å²) in [5, 5.41) is 7.72. The number of halogens is 1. The number of anilines is 2. The molecule has 8 nitrogen and oxygen atoms in total. The smallest absolute Gasteiger partial charge is 0.238 e. The molecule has 0 aliphatic carbocycles. The largest absolute Gasteiger partial charge is 0.497 e. The fourth-order valence-corrected chi connectivity index (χ4v) is 4.31. The Hall–Kier alpha value is -3.23. The van der Waals surface area contributed by atoms with Crippen molar-refractivity contribution in [2.75, 3.05) is 57.2 Å². The Morgan fingerprint density at radius 1 is 1.06 bits per heavy atom. The van der Waals surface area contributed by atoms with Gasteiger partial charge in [-0.2, -0.15) is 5.10 Å². The number of ether oxygens (including phenoxy) is 2. The standard InChI is InChI=1S/C24H28ClN5O3/c1-28-24(21(25)15-26-28)20-14-17(4-9-22(20)33-3)27-23(31)16-29-10-12-30(13-11-29)18-5-7-19(32-2)8-6-18/h4-9,14-15H,10-13,16H2,1-3H3,(H,27,31). The number of carbonyl (C=O) groups is 1. The third-order valence-electron chi connectivity index (χ3n) is 5.81. The Morgan fingerprint density at radius 2 is 1.79 bits per heavy atom. The number of hydrogen-bond donors (Lipinski definition) is 1. The van der Waals surface area contributed by atoms with Gasteiger partial charge >= 0.3 is 0 Å². The SMILES string of the molecule is COc1ccc(N2CCN(CC(=O)Nc3ccc(OC)c(-c4c(Cl)cnn4C)c3)CC2)cc1. The van der Waals surface area contributed by atoms with Crippen LogP contribution in [0.25, 0.3) is 11.3 Å². The van der Waals surface area contributed by atoms with Crippen LogP contribution in [0.3, 0.4) is 0 Å². The molecule has 4 rings (SSSR count). The van der Waals surface area contributed by atoms with Crippen LogP contribution in [0.5, 0.6) is 11.5 Å². The van der Waals surface area contributed by atoms with Crippen molar-refractivity contribution in [3.63, 3.8) is 0 Å². The summed E-state index contributed by atoms with van der Waals surface area (Å²) in [6.07, 6.45) is 1.59. The van der Waals surface area contributed by atoms with Crippen LogP contribution in [0.1, 0.15) is 0 Å². The van der Waals surface area contributed by atoms with E-state index in [1.54, 1.807) is 25.1 Å². The Morgan fingerprint density at radius 3 is 2.39 bits per heavy atom. The van der Waals surface area contributed by atoms with Gasteiger partial charge in [-0.05, 0) is 42.5 Å². The lowest BCUT2D eigenvalue weighted by molar-refractivity contribution is -0.117. The molecule has 1 saturated heterocycles. The van der Waals surface area contributed by atoms with Gasteiger partial charge in [0.1, 0.15) is 11.5 Å². The molecule has 0 radical (unpaired) electrons. The van der Waals surface area contributed by atoms with Crippen LogP contribution in [0, 0.1) is 0 Å². The Kier molecular flexibility index (Phi) is 7.05. The van der Waals surface area contributed by atoms with Gasteiger partial charge in [-0.15, -0.1) is 0 Å². The van der Waals surface area contributed by atoms with Gasteiger partial charge in [0.2, 0.25) is 5.91 Å². The van der Waals surface area contributed by atoms with Crippen LogP contribution < -0.4 is 19.7 Å². The number of hydrogen-bond acceptors (Lipinski definition) is 6. The number of nitrogens with one attached hydrogen (secondary N) is 1. The molecule has 0 atom stereocenters. The quantitative estimate of drug-likeness (QED) is 0.571. The predicted octanol–water partition coefficient (Wildman–Crippen LogP) is 3.52. The topological polar surface area (TPSA) is 71.9 Å². The van der Waals surface area contributed by atoms with Gasteiger partial charge in [-0.25, -0.2) is 0 Å². The molecule has 1 N–H and O–H groups in total. The molecule has 1 fully saturated rings. The van der Waals surface area contributed by atoms with Gasteiger partial charge in [0.05, 0.1) is 37.7 Å². The lowest BCUT2D eigenvalue weighted by atomic mass is 10.1. The average molecular weight is 470 g/mol. The van der Waals surface area contributed by atoms with Crippen molar-refractivity contribution in [2.45, 2.75) is 0 Å². The molecule has 1 aliphatic rings. The van der Waals surface area contributed by atoms with E-state index in [2.05, 4.69) is 32.3 Å². The molecule has 0 spiro atoms. The first-order chi connectivity index (χ1) is 16.0. The first-order valence-corrected chi connectivity index (χ1v) is 11.1. The highest BCUT2D eigenvalue weighted by Crippen LogP contribution is 2.36. The molecular formula is C24H28ClN5O3. The summed E-state index contributed by atoms with van der Waals surface area (Å²) in [6, 6.07) is 13.6. The number of benzene rings is 2. The second kappa shape index (κ2) is 10.1. The number of nitrogens with zero attached hydrogens (tertiary/aromatic N) is 4. The maximum absolute atomic E-state index is 12.7. The van der Waals surface area contributed by atoms with E-state index in [9.17, 15) is 4.79 Å².